The van der Waals surface area contributed by atoms with Gasteiger partial charge in [0, 0.05) is 20.2 Å². The summed E-state index contributed by atoms with van der Waals surface area (Å²) in [5, 5.41) is 11.7. The van der Waals surface area contributed by atoms with Gasteiger partial charge in [0.25, 0.3) is 5.91 Å². The van der Waals surface area contributed by atoms with Crippen molar-refractivity contribution < 1.29 is 19.5 Å². The second-order valence-corrected chi connectivity index (χ2v) is 5.09. The summed E-state index contributed by atoms with van der Waals surface area (Å²) in [5.74, 6) is -0.476. The molecule has 1 fully saturated rings. The Bertz CT molecular complexity index is 367. The molecule has 1 aliphatic heterocycles. The molecule has 0 aromatic rings. The number of carbonyl (C=O) groups is 3. The molecular weight excluding hydrogens is 262 g/mol. The Morgan fingerprint density at radius 2 is 2.10 bits per heavy atom. The molecule has 7 heteroatoms. The van der Waals surface area contributed by atoms with E-state index in [1.807, 2.05) is 6.92 Å². The van der Waals surface area contributed by atoms with E-state index < -0.39 is 6.03 Å². The van der Waals surface area contributed by atoms with Gasteiger partial charge < -0.3 is 15.3 Å². The van der Waals surface area contributed by atoms with Crippen molar-refractivity contribution in [1.82, 2.24) is 15.1 Å². The van der Waals surface area contributed by atoms with Crippen LogP contribution in [0.15, 0.2) is 0 Å². The zero-order chi connectivity index (χ0) is 15.1. The molecule has 1 unspecified atom stereocenters. The quantitative estimate of drug-likeness (QED) is 0.604. The van der Waals surface area contributed by atoms with Crippen LogP contribution >= 0.6 is 0 Å². The highest BCUT2D eigenvalue weighted by molar-refractivity contribution is 6.04. The summed E-state index contributed by atoms with van der Waals surface area (Å²) in [6, 6.07) is -0.439. The van der Waals surface area contributed by atoms with Gasteiger partial charge >= 0.3 is 6.03 Å². The van der Waals surface area contributed by atoms with Crippen LogP contribution in [0.1, 0.15) is 26.2 Å². The Labute approximate surface area is 118 Å². The monoisotopic (exact) mass is 285 g/mol. The molecule has 1 aliphatic rings. The number of aliphatic hydroxyl groups is 1. The molecule has 2 N–H and O–H groups in total. The minimum absolute atomic E-state index is 0.0229. The maximum Gasteiger partial charge on any atom is 0.327 e. The van der Waals surface area contributed by atoms with Crippen LogP contribution < -0.4 is 5.32 Å². The van der Waals surface area contributed by atoms with Gasteiger partial charge in [-0.05, 0) is 18.8 Å². The van der Waals surface area contributed by atoms with Crippen molar-refractivity contribution in [3.8, 4) is 0 Å². The molecule has 0 aliphatic carbocycles. The topological polar surface area (TPSA) is 89.9 Å². The summed E-state index contributed by atoms with van der Waals surface area (Å²) < 4.78 is 0. The number of nitrogens with zero attached hydrogens (tertiary/aromatic N) is 2. The molecule has 0 bridgehead atoms. The molecule has 1 saturated heterocycles. The van der Waals surface area contributed by atoms with E-state index in [1.165, 1.54) is 11.9 Å². The number of amides is 4. The van der Waals surface area contributed by atoms with Gasteiger partial charge in [0.1, 0.15) is 13.1 Å². The van der Waals surface area contributed by atoms with E-state index in [4.69, 9.17) is 5.11 Å². The predicted molar refractivity (Wildman–Crippen MR) is 72.8 cm³/mol. The lowest BCUT2D eigenvalue weighted by Gasteiger charge is -2.17. The first-order valence-corrected chi connectivity index (χ1v) is 6.92. The standard InChI is InChI=1S/C13H23N3O4/c1-3-4-10(5-6-17)7-14-11(18)8-16-12(19)9-15(2)13(16)20/h10,17H,3-9H2,1-2H3,(H,14,18). The summed E-state index contributed by atoms with van der Waals surface area (Å²) in [6.07, 6.45) is 2.54. The first kappa shape index (κ1) is 16.4. The fraction of sp³-hybridized carbons (Fsp3) is 0.769. The first-order chi connectivity index (χ1) is 9.49. The largest absolute Gasteiger partial charge is 0.396 e. The number of likely N-dealkylation sites (N-methyl/N-ethyl adjacent to an activating group) is 1. The third kappa shape index (κ3) is 4.48. The Kier molecular flexibility index (Phi) is 6.44. The zero-order valence-electron chi connectivity index (χ0n) is 12.1. The number of imide groups is 1. The van der Waals surface area contributed by atoms with Crippen molar-refractivity contribution in [3.05, 3.63) is 0 Å². The summed E-state index contributed by atoms with van der Waals surface area (Å²) in [5.41, 5.74) is 0. The van der Waals surface area contributed by atoms with Gasteiger partial charge in [0.2, 0.25) is 5.91 Å². The number of rotatable bonds is 8. The SMILES string of the molecule is CCCC(CCO)CNC(=O)CN1C(=O)CN(C)C1=O. The third-order valence-corrected chi connectivity index (χ3v) is 3.35. The van der Waals surface area contributed by atoms with Gasteiger partial charge in [-0.1, -0.05) is 13.3 Å². The highest BCUT2D eigenvalue weighted by atomic mass is 16.3. The smallest absolute Gasteiger partial charge is 0.327 e. The number of nitrogens with one attached hydrogen (secondary N) is 1. The molecule has 7 nitrogen and oxygen atoms in total. The molecule has 1 atom stereocenters. The number of urea groups is 1. The average Bonchev–Trinajstić information content (AvgIpc) is 2.63. The molecule has 0 saturated carbocycles. The van der Waals surface area contributed by atoms with E-state index in [9.17, 15) is 14.4 Å². The fourth-order valence-corrected chi connectivity index (χ4v) is 2.22. The highest BCUT2D eigenvalue weighted by Gasteiger charge is 2.34. The number of carbonyl (C=O) groups excluding carboxylic acids is 3. The van der Waals surface area contributed by atoms with Crippen molar-refractivity contribution in [1.29, 1.82) is 0 Å². The Hall–Kier alpha value is -1.63. The third-order valence-electron chi connectivity index (χ3n) is 3.35. The minimum atomic E-state index is -0.439. The maximum atomic E-state index is 11.8. The first-order valence-electron chi connectivity index (χ1n) is 6.92. The van der Waals surface area contributed by atoms with Crippen molar-refractivity contribution in [3.63, 3.8) is 0 Å². The minimum Gasteiger partial charge on any atom is -0.396 e. The molecule has 1 heterocycles. The van der Waals surface area contributed by atoms with Gasteiger partial charge in [-0.15, -0.1) is 0 Å². The van der Waals surface area contributed by atoms with Crippen LogP contribution in [-0.2, 0) is 9.59 Å². The van der Waals surface area contributed by atoms with E-state index in [0.29, 0.717) is 13.0 Å². The number of hydrogen-bond acceptors (Lipinski definition) is 4. The molecule has 0 aromatic heterocycles. The number of hydrogen-bond donors (Lipinski definition) is 2. The van der Waals surface area contributed by atoms with Crippen LogP contribution in [-0.4, -0.2) is 66.0 Å². The normalized spacial score (nSPS) is 16.8. The molecule has 0 radical (unpaired) electrons. The van der Waals surface area contributed by atoms with E-state index in [0.717, 1.165) is 17.7 Å². The Morgan fingerprint density at radius 3 is 2.60 bits per heavy atom. The Morgan fingerprint density at radius 1 is 1.40 bits per heavy atom. The van der Waals surface area contributed by atoms with E-state index in [2.05, 4.69) is 5.32 Å². The zero-order valence-corrected chi connectivity index (χ0v) is 12.1. The predicted octanol–water partition coefficient (Wildman–Crippen LogP) is -0.205. The lowest BCUT2D eigenvalue weighted by atomic mass is 10.0. The van der Waals surface area contributed by atoms with Crippen LogP contribution in [0.5, 0.6) is 0 Å². The molecule has 4 amide bonds. The van der Waals surface area contributed by atoms with Crippen molar-refractivity contribution in [2.75, 3.05) is 33.3 Å². The van der Waals surface area contributed by atoms with Gasteiger partial charge in [0.05, 0.1) is 0 Å². The molecule has 20 heavy (non-hydrogen) atoms. The van der Waals surface area contributed by atoms with Crippen molar-refractivity contribution in [2.24, 2.45) is 5.92 Å². The van der Waals surface area contributed by atoms with Crippen LogP contribution in [0.2, 0.25) is 0 Å². The van der Waals surface area contributed by atoms with Crippen LogP contribution in [0.3, 0.4) is 0 Å². The lowest BCUT2D eigenvalue weighted by Crippen LogP contribution is -2.42. The van der Waals surface area contributed by atoms with Gasteiger partial charge in [-0.2, -0.15) is 0 Å². The van der Waals surface area contributed by atoms with Gasteiger partial charge in [0.15, 0.2) is 0 Å². The lowest BCUT2D eigenvalue weighted by molar-refractivity contribution is -0.130. The van der Waals surface area contributed by atoms with Crippen LogP contribution in [0.4, 0.5) is 4.79 Å². The number of aliphatic hydroxyl groups excluding tert-OH is 1. The average molecular weight is 285 g/mol. The molecule has 1 rings (SSSR count). The van der Waals surface area contributed by atoms with E-state index in [1.54, 1.807) is 0 Å². The molecule has 0 spiro atoms. The van der Waals surface area contributed by atoms with Gasteiger partial charge in [-0.3, -0.25) is 14.5 Å². The summed E-state index contributed by atoms with van der Waals surface area (Å²) in [7, 11) is 1.52. The summed E-state index contributed by atoms with van der Waals surface area (Å²) >= 11 is 0. The highest BCUT2D eigenvalue weighted by Crippen LogP contribution is 2.10. The van der Waals surface area contributed by atoms with E-state index >= 15 is 0 Å². The second-order valence-electron chi connectivity index (χ2n) is 5.09. The molecular formula is C13H23N3O4. The summed E-state index contributed by atoms with van der Waals surface area (Å²) in [4.78, 5) is 37.1. The fourth-order valence-electron chi connectivity index (χ4n) is 2.22. The van der Waals surface area contributed by atoms with Crippen molar-refractivity contribution >= 4 is 17.8 Å². The Balaban J connectivity index is 2.39. The molecule has 114 valence electrons. The van der Waals surface area contributed by atoms with Crippen molar-refractivity contribution in [2.45, 2.75) is 26.2 Å². The maximum absolute atomic E-state index is 11.8. The second kappa shape index (κ2) is 7.84. The summed E-state index contributed by atoms with van der Waals surface area (Å²) in [6.45, 7) is 2.38. The molecule has 0 aromatic carbocycles. The van der Waals surface area contributed by atoms with E-state index in [-0.39, 0.29) is 37.4 Å². The van der Waals surface area contributed by atoms with Crippen LogP contribution in [0.25, 0.3) is 0 Å². The van der Waals surface area contributed by atoms with Gasteiger partial charge in [-0.25, -0.2) is 4.79 Å². The van der Waals surface area contributed by atoms with Crippen LogP contribution in [0, 0.1) is 5.92 Å².